The van der Waals surface area contributed by atoms with Crippen LogP contribution in [-0.2, 0) is 14.3 Å². The van der Waals surface area contributed by atoms with E-state index in [0.717, 1.165) is 12.8 Å². The van der Waals surface area contributed by atoms with Gasteiger partial charge in [-0.2, -0.15) is 0 Å². The first-order chi connectivity index (χ1) is 7.95. The molecule has 0 N–H and O–H groups in total. The first-order valence-electron chi connectivity index (χ1n) is 5.47. The molecule has 1 rings (SSSR count). The minimum absolute atomic E-state index is 0.0412. The highest BCUT2D eigenvalue weighted by Crippen LogP contribution is 2.36. The van der Waals surface area contributed by atoms with Crippen LogP contribution < -0.4 is 0 Å². The van der Waals surface area contributed by atoms with E-state index in [0.29, 0.717) is 17.2 Å². The molecule has 0 aliphatic carbocycles. The molecule has 2 atom stereocenters. The average Bonchev–Trinajstić information content (AvgIpc) is 2.21. The van der Waals surface area contributed by atoms with Gasteiger partial charge in [-0.25, -0.2) is 0 Å². The molecule has 1 heterocycles. The first-order valence-corrected chi connectivity index (χ1v) is 7.68. The van der Waals surface area contributed by atoms with Crippen molar-refractivity contribution in [2.24, 2.45) is 0 Å². The molecule has 0 saturated heterocycles. The summed E-state index contributed by atoms with van der Waals surface area (Å²) in [4.78, 5) is 11.0. The third-order valence-electron chi connectivity index (χ3n) is 2.41. The lowest BCUT2D eigenvalue weighted by Crippen LogP contribution is -2.32. The number of alkyl halides is 2. The number of esters is 1. The summed E-state index contributed by atoms with van der Waals surface area (Å²) in [6.07, 6.45) is 2.18. The highest BCUT2D eigenvalue weighted by molar-refractivity contribution is 9.24. The molecular weight excluding hydrogens is 375 g/mol. The fraction of sp³-hybridized carbons (Fsp3) is 0.727. The smallest absolute Gasteiger partial charge is 0.303 e. The number of halogens is 3. The molecule has 0 unspecified atom stereocenters. The van der Waals surface area contributed by atoms with Gasteiger partial charge in [0.05, 0.1) is 5.03 Å². The molecule has 0 fully saturated rings. The van der Waals surface area contributed by atoms with Crippen LogP contribution in [0.5, 0.6) is 0 Å². The van der Waals surface area contributed by atoms with E-state index in [1.165, 1.54) is 6.92 Å². The maximum atomic E-state index is 11.0. The Hall–Kier alpha value is 0.260. The van der Waals surface area contributed by atoms with Crippen molar-refractivity contribution in [3.63, 3.8) is 0 Å². The zero-order chi connectivity index (χ0) is 13.0. The van der Waals surface area contributed by atoms with E-state index < -0.39 is 6.10 Å². The monoisotopic (exact) mass is 388 g/mol. The number of hydrogen-bond acceptors (Lipinski definition) is 3. The summed E-state index contributed by atoms with van der Waals surface area (Å²) in [6, 6.07) is 0. The minimum atomic E-state index is -0.396. The zero-order valence-electron chi connectivity index (χ0n) is 9.71. The lowest BCUT2D eigenvalue weighted by Gasteiger charge is -2.32. The maximum absolute atomic E-state index is 11.0. The Morgan fingerprint density at radius 3 is 2.76 bits per heavy atom. The zero-order valence-corrected chi connectivity index (χ0v) is 13.6. The Labute approximate surface area is 123 Å². The minimum Gasteiger partial charge on any atom is -0.491 e. The quantitative estimate of drug-likeness (QED) is 0.536. The van der Waals surface area contributed by atoms with Crippen LogP contribution >= 0.6 is 43.5 Å². The highest BCUT2D eigenvalue weighted by Gasteiger charge is 2.33. The van der Waals surface area contributed by atoms with Crippen molar-refractivity contribution in [3.05, 3.63) is 10.8 Å². The summed E-state index contributed by atoms with van der Waals surface area (Å²) in [7, 11) is 0. The largest absolute Gasteiger partial charge is 0.491 e. The van der Waals surface area contributed by atoms with Gasteiger partial charge in [-0.1, -0.05) is 56.8 Å². The second kappa shape index (κ2) is 7.00. The second-order valence-corrected chi connectivity index (χ2v) is 7.34. The first kappa shape index (κ1) is 15.3. The molecule has 98 valence electrons. The SMILES string of the molecule is CCC[C@@H]1C[C@@H](OC(C)=O)C(Cl)=C(C(Br)Br)O1. The molecule has 0 aromatic carbocycles. The van der Waals surface area contributed by atoms with Crippen LogP contribution in [0.2, 0.25) is 0 Å². The molecule has 0 aromatic rings. The van der Waals surface area contributed by atoms with Crippen molar-refractivity contribution in [3.8, 4) is 0 Å². The van der Waals surface area contributed by atoms with Crippen molar-refractivity contribution in [1.82, 2.24) is 0 Å². The van der Waals surface area contributed by atoms with E-state index in [4.69, 9.17) is 21.1 Å². The summed E-state index contributed by atoms with van der Waals surface area (Å²) >= 11 is 12.9. The van der Waals surface area contributed by atoms with E-state index >= 15 is 0 Å². The van der Waals surface area contributed by atoms with E-state index in [2.05, 4.69) is 38.8 Å². The van der Waals surface area contributed by atoms with Gasteiger partial charge >= 0.3 is 5.97 Å². The molecular formula is C11H15Br2ClO3. The van der Waals surface area contributed by atoms with Crippen molar-refractivity contribution in [2.45, 2.75) is 49.1 Å². The van der Waals surface area contributed by atoms with Crippen LogP contribution in [-0.4, -0.2) is 21.9 Å². The molecule has 6 heteroatoms. The topological polar surface area (TPSA) is 35.5 Å². The normalized spacial score (nSPS) is 24.8. The molecule has 0 radical (unpaired) electrons. The van der Waals surface area contributed by atoms with E-state index in [-0.39, 0.29) is 15.8 Å². The van der Waals surface area contributed by atoms with Crippen LogP contribution in [0, 0.1) is 0 Å². The summed E-state index contributed by atoms with van der Waals surface area (Å²) in [5, 5.41) is 0.450. The van der Waals surface area contributed by atoms with Gasteiger partial charge in [0, 0.05) is 13.3 Å². The lowest BCUT2D eigenvalue weighted by atomic mass is 10.0. The number of allylic oxidation sites excluding steroid dienone is 1. The summed E-state index contributed by atoms with van der Waals surface area (Å²) < 4.78 is 10.8. The number of ether oxygens (including phenoxy) is 2. The van der Waals surface area contributed by atoms with Crippen molar-refractivity contribution in [2.75, 3.05) is 0 Å². The Bertz CT molecular complexity index is 318. The Morgan fingerprint density at radius 2 is 2.29 bits per heavy atom. The van der Waals surface area contributed by atoms with Crippen LogP contribution in [0.1, 0.15) is 33.1 Å². The number of carbonyl (C=O) groups excluding carboxylic acids is 1. The lowest BCUT2D eigenvalue weighted by molar-refractivity contribution is -0.146. The fourth-order valence-electron chi connectivity index (χ4n) is 1.74. The van der Waals surface area contributed by atoms with Gasteiger partial charge in [-0.15, -0.1) is 0 Å². The van der Waals surface area contributed by atoms with Crippen LogP contribution in [0.4, 0.5) is 0 Å². The van der Waals surface area contributed by atoms with E-state index in [1.54, 1.807) is 0 Å². The average molecular weight is 390 g/mol. The van der Waals surface area contributed by atoms with Gasteiger partial charge in [0.2, 0.25) is 0 Å². The predicted octanol–water partition coefficient (Wildman–Crippen LogP) is 4.07. The second-order valence-electron chi connectivity index (χ2n) is 3.88. The molecule has 0 amide bonds. The molecule has 3 nitrogen and oxygen atoms in total. The Balaban J connectivity index is 2.86. The summed E-state index contributed by atoms with van der Waals surface area (Å²) in [5.74, 6) is 0.271. The van der Waals surface area contributed by atoms with Gasteiger partial charge in [0.15, 0.2) is 0 Å². The maximum Gasteiger partial charge on any atom is 0.303 e. The van der Waals surface area contributed by atoms with Crippen molar-refractivity contribution >= 4 is 49.4 Å². The van der Waals surface area contributed by atoms with Gasteiger partial charge in [-0.05, 0) is 6.42 Å². The third kappa shape index (κ3) is 4.45. The number of carbonyl (C=O) groups is 1. The van der Waals surface area contributed by atoms with E-state index in [9.17, 15) is 4.79 Å². The van der Waals surface area contributed by atoms with Crippen LogP contribution in [0.25, 0.3) is 0 Å². The third-order valence-corrected chi connectivity index (χ3v) is 3.67. The Kier molecular flexibility index (Phi) is 6.31. The molecule has 1 aliphatic rings. The van der Waals surface area contributed by atoms with Crippen molar-refractivity contribution < 1.29 is 14.3 Å². The fourth-order valence-corrected chi connectivity index (χ4v) is 3.00. The highest BCUT2D eigenvalue weighted by atomic mass is 79.9. The van der Waals surface area contributed by atoms with Crippen LogP contribution in [0.15, 0.2) is 10.8 Å². The molecule has 0 saturated carbocycles. The molecule has 1 aliphatic heterocycles. The predicted molar refractivity (Wildman–Crippen MR) is 74.5 cm³/mol. The molecule has 0 spiro atoms. The van der Waals surface area contributed by atoms with Crippen molar-refractivity contribution in [1.29, 1.82) is 0 Å². The molecule has 17 heavy (non-hydrogen) atoms. The summed E-state index contributed by atoms with van der Waals surface area (Å²) in [5.41, 5.74) is 0. The van der Waals surface area contributed by atoms with Gasteiger partial charge < -0.3 is 9.47 Å². The van der Waals surface area contributed by atoms with Gasteiger partial charge in [0.25, 0.3) is 0 Å². The van der Waals surface area contributed by atoms with Gasteiger partial charge in [0.1, 0.15) is 21.7 Å². The van der Waals surface area contributed by atoms with Gasteiger partial charge in [-0.3, -0.25) is 4.79 Å². The Morgan fingerprint density at radius 1 is 1.65 bits per heavy atom. The standard InChI is InChI=1S/C11H15Br2ClO3/c1-3-4-7-5-8(16-6(2)15)9(14)10(17-7)11(12)13/h7-8,11H,3-5H2,1-2H3/t7-,8-/m1/s1. The molecule has 0 aromatic heterocycles. The summed E-state index contributed by atoms with van der Waals surface area (Å²) in [6.45, 7) is 3.47. The molecule has 0 bridgehead atoms. The number of hydrogen-bond donors (Lipinski definition) is 0. The van der Waals surface area contributed by atoms with Crippen LogP contribution in [0.3, 0.4) is 0 Å². The van der Waals surface area contributed by atoms with E-state index in [1.807, 2.05) is 0 Å². The number of rotatable bonds is 4.